The quantitative estimate of drug-likeness (QED) is 0.431. The Hall–Kier alpha value is -2.56. The van der Waals surface area contributed by atoms with E-state index in [0.717, 1.165) is 31.9 Å². The number of anilines is 1. The van der Waals surface area contributed by atoms with Crippen LogP contribution in [-0.4, -0.2) is 54.0 Å². The third-order valence-corrected chi connectivity index (χ3v) is 7.14. The van der Waals surface area contributed by atoms with Crippen LogP contribution in [0.15, 0.2) is 58.7 Å². The topological polar surface area (TPSA) is 43.2 Å². The van der Waals surface area contributed by atoms with E-state index in [4.69, 9.17) is 0 Å². The Morgan fingerprint density at radius 1 is 1.06 bits per heavy atom. The highest BCUT2D eigenvalue weighted by atomic mass is 32.2. The predicted molar refractivity (Wildman–Crippen MR) is 134 cm³/mol. The summed E-state index contributed by atoms with van der Waals surface area (Å²) >= 11 is 0. The lowest BCUT2D eigenvalue weighted by molar-refractivity contribution is -0.0596. The second-order valence-corrected chi connectivity index (χ2v) is 9.10. The molecular weight excluding hydrogens is 466 g/mol. The van der Waals surface area contributed by atoms with Gasteiger partial charge in [0.25, 0.3) is 0 Å². The standard InChI is InChI=1S/C22H23F4N5S.C2H6/c1-32(30-11-9-27-10-12-30)31(18-5-3-2-4-6-18)15-17-8-7-16(13-19(17)23)20-14-21(29-28-20)22(24,25)26;1-2/h2-8,13,27H,1,9-12,14-15H2;1-2H3. The van der Waals surface area contributed by atoms with Gasteiger partial charge in [-0.3, -0.25) is 0 Å². The number of rotatable bonds is 6. The molecule has 1 atom stereocenters. The Labute approximate surface area is 200 Å². The van der Waals surface area contributed by atoms with Gasteiger partial charge in [-0.25, -0.2) is 8.70 Å². The molecule has 1 fully saturated rings. The number of alkyl halides is 3. The molecule has 2 aliphatic heterocycles. The fourth-order valence-corrected chi connectivity index (χ4v) is 5.09. The van der Waals surface area contributed by atoms with E-state index in [2.05, 4.69) is 30.0 Å². The van der Waals surface area contributed by atoms with Crippen molar-refractivity contribution in [3.63, 3.8) is 0 Å². The molecule has 5 nitrogen and oxygen atoms in total. The lowest BCUT2D eigenvalue weighted by Crippen LogP contribution is -2.43. The molecule has 2 aromatic rings. The van der Waals surface area contributed by atoms with Crippen molar-refractivity contribution in [3.8, 4) is 0 Å². The van der Waals surface area contributed by atoms with Crippen molar-refractivity contribution in [2.45, 2.75) is 33.0 Å². The molecule has 2 aliphatic rings. The molecule has 2 heterocycles. The summed E-state index contributed by atoms with van der Waals surface area (Å²) in [7, 11) is -0.533. The van der Waals surface area contributed by atoms with Gasteiger partial charge in [0.15, 0.2) is 0 Å². The van der Waals surface area contributed by atoms with E-state index in [0.29, 0.717) is 11.1 Å². The van der Waals surface area contributed by atoms with Crippen LogP contribution in [0.4, 0.5) is 23.2 Å². The molecule has 0 saturated carbocycles. The van der Waals surface area contributed by atoms with E-state index in [9.17, 15) is 13.2 Å². The van der Waals surface area contributed by atoms with Gasteiger partial charge in [0.2, 0.25) is 0 Å². The zero-order chi connectivity index (χ0) is 24.7. The molecule has 2 aromatic carbocycles. The van der Waals surface area contributed by atoms with Gasteiger partial charge in [-0.15, -0.1) is 5.10 Å². The molecule has 1 saturated heterocycles. The fraction of sp³-hybridized carbons (Fsp3) is 0.375. The van der Waals surface area contributed by atoms with Gasteiger partial charge >= 0.3 is 6.18 Å². The van der Waals surface area contributed by atoms with Crippen LogP contribution in [0.25, 0.3) is 0 Å². The summed E-state index contributed by atoms with van der Waals surface area (Å²) in [6, 6.07) is 14.1. The highest BCUT2D eigenvalue weighted by molar-refractivity contribution is 8.13. The number of hydrogen-bond acceptors (Lipinski definition) is 5. The van der Waals surface area contributed by atoms with E-state index in [1.807, 2.05) is 44.2 Å². The van der Waals surface area contributed by atoms with Crippen LogP contribution in [0.3, 0.4) is 0 Å². The maximum Gasteiger partial charge on any atom is 0.431 e. The second-order valence-electron chi connectivity index (χ2n) is 7.47. The first-order valence-corrected chi connectivity index (χ1v) is 12.5. The summed E-state index contributed by atoms with van der Waals surface area (Å²) in [5, 5.41) is 10.1. The number of hydrogen-bond donors (Lipinski definition) is 1. The lowest BCUT2D eigenvalue weighted by Gasteiger charge is -2.37. The molecule has 34 heavy (non-hydrogen) atoms. The van der Waals surface area contributed by atoms with E-state index < -0.39 is 35.0 Å². The number of nitrogens with zero attached hydrogens (tertiary/aromatic N) is 4. The highest BCUT2D eigenvalue weighted by Gasteiger charge is 2.38. The minimum absolute atomic E-state index is 0.111. The van der Waals surface area contributed by atoms with E-state index in [1.54, 1.807) is 12.1 Å². The monoisotopic (exact) mass is 495 g/mol. The average Bonchev–Trinajstić information content (AvgIpc) is 3.36. The first-order valence-electron chi connectivity index (χ1n) is 11.1. The van der Waals surface area contributed by atoms with Gasteiger partial charge in [-0.05, 0) is 34.9 Å². The van der Waals surface area contributed by atoms with Crippen LogP contribution in [0.5, 0.6) is 0 Å². The molecule has 0 bridgehead atoms. The minimum atomic E-state index is -4.53. The van der Waals surface area contributed by atoms with Gasteiger partial charge in [0.1, 0.15) is 11.5 Å². The van der Waals surface area contributed by atoms with Gasteiger partial charge in [0.05, 0.1) is 12.3 Å². The zero-order valence-electron chi connectivity index (χ0n) is 19.3. The van der Waals surface area contributed by atoms with Crippen molar-refractivity contribution in [3.05, 3.63) is 65.5 Å². The average molecular weight is 496 g/mol. The molecule has 1 N–H and O–H groups in total. The smallest absolute Gasteiger partial charge is 0.314 e. The minimum Gasteiger partial charge on any atom is -0.314 e. The SMILES string of the molecule is C=S(N1CCNCC1)N(Cc1ccc(C2=NN=C(C(F)(F)F)C2)cc1F)c1ccccc1.CC. The first kappa shape index (κ1) is 26.1. The Bertz CT molecular complexity index is 1050. The maximum absolute atomic E-state index is 15.0. The van der Waals surface area contributed by atoms with Crippen molar-refractivity contribution in [1.29, 1.82) is 0 Å². The molecule has 0 aliphatic carbocycles. The molecule has 10 heteroatoms. The van der Waals surface area contributed by atoms with Crippen molar-refractivity contribution in [2.24, 2.45) is 10.2 Å². The Kier molecular flexibility index (Phi) is 8.98. The lowest BCUT2D eigenvalue weighted by atomic mass is 10.0. The third-order valence-electron chi connectivity index (χ3n) is 5.33. The predicted octanol–water partition coefficient (Wildman–Crippen LogP) is 5.41. The van der Waals surface area contributed by atoms with E-state index in [-0.39, 0.29) is 12.3 Å². The third kappa shape index (κ3) is 6.31. The summed E-state index contributed by atoms with van der Waals surface area (Å²) in [5.41, 5.74) is 0.807. The summed E-state index contributed by atoms with van der Waals surface area (Å²) in [6.45, 7) is 7.71. The van der Waals surface area contributed by atoms with Gasteiger partial charge < -0.3 is 9.62 Å². The van der Waals surface area contributed by atoms with Crippen molar-refractivity contribution < 1.29 is 17.6 Å². The number of halogens is 4. The van der Waals surface area contributed by atoms with E-state index >= 15 is 4.39 Å². The highest BCUT2D eigenvalue weighted by Crippen LogP contribution is 2.33. The molecule has 1 unspecified atom stereocenters. The fourth-order valence-electron chi connectivity index (χ4n) is 3.55. The Balaban J connectivity index is 0.00000158. The Morgan fingerprint density at radius 2 is 1.74 bits per heavy atom. The van der Waals surface area contributed by atoms with Gasteiger partial charge in [0, 0.05) is 49.4 Å². The number of nitrogens with one attached hydrogen (secondary N) is 1. The Morgan fingerprint density at radius 3 is 2.32 bits per heavy atom. The van der Waals surface area contributed by atoms with Gasteiger partial charge in [-0.2, -0.15) is 18.3 Å². The number of benzene rings is 2. The van der Waals surface area contributed by atoms with Crippen molar-refractivity contribution in [1.82, 2.24) is 9.62 Å². The van der Waals surface area contributed by atoms with Gasteiger partial charge in [-0.1, -0.05) is 44.2 Å². The van der Waals surface area contributed by atoms with Crippen LogP contribution in [0, 0.1) is 5.82 Å². The zero-order valence-corrected chi connectivity index (χ0v) is 20.1. The van der Waals surface area contributed by atoms with Crippen LogP contribution in [0.1, 0.15) is 31.4 Å². The molecule has 0 radical (unpaired) electrons. The second kappa shape index (κ2) is 11.7. The normalized spacial score (nSPS) is 17.4. The molecule has 4 rings (SSSR count). The van der Waals surface area contributed by atoms with E-state index in [1.165, 1.54) is 6.07 Å². The van der Waals surface area contributed by atoms with Crippen molar-refractivity contribution in [2.75, 3.05) is 30.5 Å². The summed E-state index contributed by atoms with van der Waals surface area (Å²) in [4.78, 5) is 0. The largest absolute Gasteiger partial charge is 0.431 e. The van der Waals surface area contributed by atoms with Crippen LogP contribution < -0.4 is 9.62 Å². The summed E-state index contributed by atoms with van der Waals surface area (Å²) in [6.07, 6.45) is -4.99. The molecular formula is C24H29F4N5S. The summed E-state index contributed by atoms with van der Waals surface area (Å²) in [5.74, 6) is 3.87. The molecule has 0 amide bonds. The summed E-state index contributed by atoms with van der Waals surface area (Å²) < 4.78 is 57.8. The van der Waals surface area contributed by atoms with Crippen molar-refractivity contribution >= 4 is 33.8 Å². The number of para-hydroxylation sites is 1. The van der Waals surface area contributed by atoms with Crippen LogP contribution in [-0.2, 0) is 6.54 Å². The van der Waals surface area contributed by atoms with Crippen LogP contribution >= 0.6 is 10.9 Å². The molecule has 184 valence electrons. The molecule has 0 spiro atoms. The van der Waals surface area contributed by atoms with Crippen LogP contribution in [0.2, 0.25) is 0 Å². The number of piperazine rings is 1. The molecule has 0 aromatic heterocycles. The first-order chi connectivity index (χ1) is 16.3. The maximum atomic E-state index is 15.0.